The number of hydrogen-bond donors (Lipinski definition) is 1. The summed E-state index contributed by atoms with van der Waals surface area (Å²) in [5.41, 5.74) is 5.69. The predicted octanol–water partition coefficient (Wildman–Crippen LogP) is 9.72. The molecular weight excluding hydrogens is 1350 g/mol. The van der Waals surface area contributed by atoms with Crippen LogP contribution in [0.15, 0.2) is 212 Å². The maximum absolute atomic E-state index is 15.2. The van der Waals surface area contributed by atoms with Crippen molar-refractivity contribution in [1.29, 1.82) is 0 Å². The molecule has 0 saturated carbocycles. The van der Waals surface area contributed by atoms with Crippen LogP contribution in [0.2, 0.25) is 0 Å². The Labute approximate surface area is 610 Å². The first-order valence-corrected chi connectivity index (χ1v) is 34.8. The van der Waals surface area contributed by atoms with Gasteiger partial charge in [-0.3, -0.25) is 24.0 Å². The molecule has 7 aromatic rings. The van der Waals surface area contributed by atoms with Crippen LogP contribution < -0.4 is 5.32 Å². The molecule has 3 aliphatic heterocycles. The fourth-order valence-corrected chi connectivity index (χ4v) is 12.7. The molecule has 1 amide bonds. The Hall–Kier alpha value is -9.12. The van der Waals surface area contributed by atoms with Crippen LogP contribution in [0.1, 0.15) is 80.0 Å². The molecule has 105 heavy (non-hydrogen) atoms. The molecule has 0 spiro atoms. The first-order chi connectivity index (χ1) is 51.0. The second-order valence-electron chi connectivity index (χ2n) is 25.5. The largest absolute Gasteiger partial charge is 0.465 e. The van der Waals surface area contributed by atoms with Gasteiger partial charge in [-0.15, -0.1) is 0 Å². The lowest BCUT2D eigenvalue weighted by atomic mass is 9.87. The molecule has 0 aromatic heterocycles. The van der Waals surface area contributed by atoms with Crippen molar-refractivity contribution >= 4 is 35.8 Å². The molecule has 3 fully saturated rings. The van der Waals surface area contributed by atoms with E-state index in [0.29, 0.717) is 0 Å². The van der Waals surface area contributed by atoms with Crippen molar-refractivity contribution in [2.45, 2.75) is 185 Å². The second-order valence-corrected chi connectivity index (χ2v) is 25.5. The second kappa shape index (κ2) is 39.8. The highest BCUT2D eigenvalue weighted by atomic mass is 16.8. The lowest BCUT2D eigenvalue weighted by molar-refractivity contribution is -0.383. The predicted molar refractivity (Wildman–Crippen MR) is 376 cm³/mol. The molecule has 24 nitrogen and oxygen atoms in total. The fraction of sp³-hybridized carbons (Fsp3) is 0.407. The molecule has 0 bridgehead atoms. The van der Waals surface area contributed by atoms with Gasteiger partial charge in [0.25, 0.3) is 5.79 Å². The van der Waals surface area contributed by atoms with E-state index in [1.165, 1.54) is 6.92 Å². The smallest absolute Gasteiger partial charge is 0.366 e. The average Bonchev–Trinajstić information content (AvgIpc) is 0.757. The van der Waals surface area contributed by atoms with Gasteiger partial charge in [0.05, 0.1) is 79.0 Å². The molecular formula is C81H91NO23. The van der Waals surface area contributed by atoms with E-state index in [9.17, 15) is 24.0 Å². The van der Waals surface area contributed by atoms with Gasteiger partial charge in [0.1, 0.15) is 67.6 Å². The van der Waals surface area contributed by atoms with E-state index in [1.807, 2.05) is 212 Å². The molecule has 0 unspecified atom stereocenters. The maximum atomic E-state index is 15.2. The van der Waals surface area contributed by atoms with Crippen molar-refractivity contribution in [2.24, 2.45) is 0 Å². The van der Waals surface area contributed by atoms with Gasteiger partial charge in [-0.25, -0.2) is 4.79 Å². The summed E-state index contributed by atoms with van der Waals surface area (Å²) in [4.78, 5) is 80.6. The van der Waals surface area contributed by atoms with Crippen LogP contribution in [0.5, 0.6) is 0 Å². The van der Waals surface area contributed by atoms with Gasteiger partial charge in [0.15, 0.2) is 24.8 Å². The number of ether oxygens (including phenoxy) is 17. The number of nitrogens with one attached hydrogen (secondary N) is 1. The van der Waals surface area contributed by atoms with E-state index in [2.05, 4.69) is 5.32 Å². The summed E-state index contributed by atoms with van der Waals surface area (Å²) >= 11 is 0. The van der Waals surface area contributed by atoms with Crippen LogP contribution in [-0.2, 0) is 156 Å². The van der Waals surface area contributed by atoms with Crippen molar-refractivity contribution in [2.75, 3.05) is 26.9 Å². The molecule has 24 heteroatoms. The summed E-state index contributed by atoms with van der Waals surface area (Å²) in [6.07, 6.45) is -19.9. The van der Waals surface area contributed by atoms with E-state index in [1.54, 1.807) is 0 Å². The number of methoxy groups -OCH3 is 1. The topological polar surface area (TPSA) is 271 Å². The van der Waals surface area contributed by atoms with Gasteiger partial charge in [0.2, 0.25) is 5.91 Å². The third-order valence-electron chi connectivity index (χ3n) is 17.5. The van der Waals surface area contributed by atoms with Crippen molar-refractivity contribution in [1.82, 2.24) is 5.32 Å². The molecule has 3 aliphatic rings. The Morgan fingerprint density at radius 2 is 0.829 bits per heavy atom. The zero-order valence-electron chi connectivity index (χ0n) is 59.5. The highest BCUT2D eigenvalue weighted by molar-refractivity contribution is 5.79. The summed E-state index contributed by atoms with van der Waals surface area (Å²) in [6.45, 7) is 4.23. The molecule has 7 aromatic carbocycles. The first-order valence-electron chi connectivity index (χ1n) is 34.8. The number of amides is 1. The highest BCUT2D eigenvalue weighted by Crippen LogP contribution is 2.41. The van der Waals surface area contributed by atoms with Gasteiger partial charge in [0, 0.05) is 34.6 Å². The van der Waals surface area contributed by atoms with Crippen LogP contribution in [0.3, 0.4) is 0 Å². The van der Waals surface area contributed by atoms with Gasteiger partial charge >= 0.3 is 29.8 Å². The number of carbonyl (C=O) groups excluding carboxylic acids is 6. The molecule has 1 N–H and O–H groups in total. The van der Waals surface area contributed by atoms with Gasteiger partial charge in [-0.2, -0.15) is 0 Å². The Kier molecular flexibility index (Phi) is 29.8. The number of esters is 5. The van der Waals surface area contributed by atoms with Gasteiger partial charge < -0.3 is 85.8 Å². The lowest BCUT2D eigenvalue weighted by Gasteiger charge is -2.51. The first kappa shape index (κ1) is 78.5. The van der Waals surface area contributed by atoms with Gasteiger partial charge in [-0.1, -0.05) is 212 Å². The molecule has 558 valence electrons. The normalized spacial score (nSPS) is 25.0. The highest BCUT2D eigenvalue weighted by Gasteiger charge is 2.61. The quantitative estimate of drug-likeness (QED) is 0.0282. The number of hydrogen-bond acceptors (Lipinski definition) is 23. The zero-order valence-corrected chi connectivity index (χ0v) is 59.5. The van der Waals surface area contributed by atoms with Crippen molar-refractivity contribution in [3.8, 4) is 0 Å². The SMILES string of the molecule is COC(=O)[C@]1(OC[C@H]2O[C@@H](O[C@H]3[C@H](OCc4ccccc4)[C@@H](OCc4ccccc4)[C@H](OCc4ccccc4)O[C@@H]3COCc3ccccc3)[C@H](OCc3ccccc3)[C@@H](OCc3ccccc3)[C@H]2OCc2ccccc2)C[C@H](OC(C)=O)[C@@H](NC(C)=O)[C@H]([C@H](OC(C)=O)[C@@H](COC(C)=O)OC(C)=O)O1. The molecule has 16 atom stereocenters. The van der Waals surface area contributed by atoms with Crippen molar-refractivity contribution < 1.29 is 109 Å². The Morgan fingerprint density at radius 3 is 1.25 bits per heavy atom. The third kappa shape index (κ3) is 23.2. The third-order valence-corrected chi connectivity index (χ3v) is 17.5. The van der Waals surface area contributed by atoms with Crippen molar-refractivity contribution in [3.63, 3.8) is 0 Å². The maximum Gasteiger partial charge on any atom is 0.366 e. The van der Waals surface area contributed by atoms with E-state index in [0.717, 1.165) is 73.7 Å². The van der Waals surface area contributed by atoms with E-state index >= 15 is 4.79 Å². The minimum absolute atomic E-state index is 0.0214. The summed E-state index contributed by atoms with van der Waals surface area (Å²) in [5, 5.41) is 2.72. The zero-order chi connectivity index (χ0) is 73.9. The van der Waals surface area contributed by atoms with Crippen LogP contribution in [0.4, 0.5) is 0 Å². The summed E-state index contributed by atoms with van der Waals surface area (Å²) in [6, 6.07) is 65.3. The monoisotopic (exact) mass is 1450 g/mol. The van der Waals surface area contributed by atoms with Crippen LogP contribution >= 0.6 is 0 Å². The van der Waals surface area contributed by atoms with E-state index in [4.69, 9.17) is 80.5 Å². The average molecular weight is 1450 g/mol. The van der Waals surface area contributed by atoms with Gasteiger partial charge in [-0.05, 0) is 38.9 Å². The Bertz CT molecular complexity index is 3790. The molecule has 10 rings (SSSR count). The van der Waals surface area contributed by atoms with Crippen LogP contribution in [0.25, 0.3) is 0 Å². The summed E-state index contributed by atoms with van der Waals surface area (Å²) in [7, 11) is 1.06. The Morgan fingerprint density at radius 1 is 0.438 bits per heavy atom. The molecule has 0 radical (unpaired) electrons. The number of carbonyl (C=O) groups is 6. The van der Waals surface area contributed by atoms with Crippen LogP contribution in [0, 0.1) is 0 Å². The lowest BCUT2D eigenvalue weighted by Crippen LogP contribution is -2.70. The minimum atomic E-state index is -2.73. The summed E-state index contributed by atoms with van der Waals surface area (Å²) in [5.74, 6) is -8.23. The molecule has 0 aliphatic carbocycles. The molecule has 3 saturated heterocycles. The number of rotatable bonds is 36. The number of benzene rings is 7. The minimum Gasteiger partial charge on any atom is -0.465 e. The Balaban J connectivity index is 1.14. The standard InChI is InChI=1S/C81H91NO23/c1-53(83)82-69-65(99-55(3)85)42-81(80(88)89-6,105-73(69)71(101-57(5)87)67(100-56(4)86)51-91-54(2)84)98-52-68-70(92-44-59-30-16-8-17-31-59)74(93-45-60-32-18-9-19-33-60)77(96-48-63-38-24-12-25-39-63)79(103-68)104-72-66(50-90-43-58-28-14-7-15-29-58)102-78(97-49-64-40-26-13-27-41-64)76(95-47-62-36-22-11-23-37-62)75(72)94-46-61-34-20-10-21-35-61/h7-41,65-79H,42-52H2,1-6H3,(H,82,83)/t65-,66+,67+,68+,69+,70-,71+,72+,73+,74-,75-,76+,77+,78+,79-,81-/m0/s1. The van der Waals surface area contributed by atoms with Crippen LogP contribution in [-0.4, -0.2) is 160 Å². The van der Waals surface area contributed by atoms with E-state index < -0.39 is 153 Å². The fourth-order valence-electron chi connectivity index (χ4n) is 12.7. The van der Waals surface area contributed by atoms with Crippen molar-refractivity contribution in [3.05, 3.63) is 251 Å². The van der Waals surface area contributed by atoms with E-state index in [-0.39, 0.29) is 52.9 Å². The summed E-state index contributed by atoms with van der Waals surface area (Å²) < 4.78 is 114. The molecule has 3 heterocycles.